The largest absolute Gasteiger partial charge is 0.350 e. The standard InChI is InChI=1S/C19H26N4O3S/c1-13-10-14-12-20-22-17(14)16(11-13)27(25,26)23-9-6-15(23)18(24)21-19(2)7-4-3-5-8-19/h10-12,15H,3-9H2,1-2H3,(H,20,22)(H,21,24)/t15-/m0/s1. The fraction of sp³-hybridized carbons (Fsp3) is 0.579. The molecule has 2 N–H and O–H groups in total. The highest BCUT2D eigenvalue weighted by Crippen LogP contribution is 2.33. The fourth-order valence-corrected chi connectivity index (χ4v) is 6.14. The van der Waals surface area contributed by atoms with Crippen molar-refractivity contribution in [2.75, 3.05) is 6.54 Å². The minimum Gasteiger partial charge on any atom is -0.350 e. The molecule has 0 spiro atoms. The van der Waals surface area contributed by atoms with Crippen LogP contribution in [0.25, 0.3) is 10.9 Å². The van der Waals surface area contributed by atoms with E-state index >= 15 is 0 Å². The Bertz CT molecular complexity index is 976. The van der Waals surface area contributed by atoms with Crippen LogP contribution in [0.5, 0.6) is 0 Å². The Morgan fingerprint density at radius 2 is 2.04 bits per heavy atom. The van der Waals surface area contributed by atoms with Crippen LogP contribution in [0.2, 0.25) is 0 Å². The van der Waals surface area contributed by atoms with Crippen molar-refractivity contribution < 1.29 is 13.2 Å². The second-order valence-corrected chi connectivity index (χ2v) is 9.99. The van der Waals surface area contributed by atoms with Gasteiger partial charge in [-0.25, -0.2) is 8.42 Å². The van der Waals surface area contributed by atoms with Gasteiger partial charge < -0.3 is 5.32 Å². The molecule has 7 nitrogen and oxygen atoms in total. The number of aromatic amines is 1. The van der Waals surface area contributed by atoms with E-state index in [0.29, 0.717) is 18.5 Å². The first-order chi connectivity index (χ1) is 12.8. The molecule has 0 radical (unpaired) electrons. The van der Waals surface area contributed by atoms with E-state index in [1.54, 1.807) is 12.3 Å². The van der Waals surface area contributed by atoms with Crippen LogP contribution >= 0.6 is 0 Å². The molecule has 27 heavy (non-hydrogen) atoms. The second kappa shape index (κ2) is 6.60. The summed E-state index contributed by atoms with van der Waals surface area (Å²) in [7, 11) is -3.77. The average molecular weight is 391 g/mol. The molecule has 0 bridgehead atoms. The van der Waals surface area contributed by atoms with Crippen molar-refractivity contribution in [3.8, 4) is 0 Å². The van der Waals surface area contributed by atoms with Crippen molar-refractivity contribution in [2.24, 2.45) is 0 Å². The van der Waals surface area contributed by atoms with Gasteiger partial charge in [0.1, 0.15) is 10.9 Å². The van der Waals surface area contributed by atoms with Crippen molar-refractivity contribution in [1.29, 1.82) is 0 Å². The average Bonchev–Trinajstić information content (AvgIpc) is 3.00. The third-order valence-corrected chi connectivity index (χ3v) is 7.83. The molecule has 1 saturated carbocycles. The first-order valence-corrected chi connectivity index (χ1v) is 11.0. The maximum Gasteiger partial charge on any atom is 0.245 e. The molecular formula is C19H26N4O3S. The van der Waals surface area contributed by atoms with Gasteiger partial charge in [0, 0.05) is 17.5 Å². The highest BCUT2D eigenvalue weighted by atomic mass is 32.2. The van der Waals surface area contributed by atoms with E-state index < -0.39 is 16.1 Å². The van der Waals surface area contributed by atoms with Crippen molar-refractivity contribution in [3.63, 3.8) is 0 Å². The van der Waals surface area contributed by atoms with Crippen molar-refractivity contribution >= 4 is 26.8 Å². The number of amides is 1. The second-order valence-electron chi connectivity index (χ2n) is 8.13. The maximum atomic E-state index is 13.3. The van der Waals surface area contributed by atoms with Gasteiger partial charge in [0.25, 0.3) is 0 Å². The third kappa shape index (κ3) is 3.25. The highest BCUT2D eigenvalue weighted by molar-refractivity contribution is 7.89. The highest BCUT2D eigenvalue weighted by Gasteiger charge is 2.45. The molecule has 1 aliphatic carbocycles. The lowest BCUT2D eigenvalue weighted by Gasteiger charge is -2.42. The van der Waals surface area contributed by atoms with Crippen LogP contribution in [0.1, 0.15) is 51.0 Å². The first kappa shape index (κ1) is 18.4. The van der Waals surface area contributed by atoms with Crippen LogP contribution < -0.4 is 5.32 Å². The molecule has 1 amide bonds. The number of aromatic nitrogens is 2. The van der Waals surface area contributed by atoms with E-state index in [2.05, 4.69) is 22.4 Å². The molecule has 1 aromatic carbocycles. The summed E-state index contributed by atoms with van der Waals surface area (Å²) in [5, 5.41) is 10.6. The Hall–Kier alpha value is -1.93. The fourth-order valence-electron chi connectivity index (χ4n) is 4.25. The van der Waals surface area contributed by atoms with Gasteiger partial charge in [-0.15, -0.1) is 0 Å². The SMILES string of the molecule is Cc1cc(S(=O)(=O)N2CC[C@H]2C(=O)NC2(C)CCCCC2)c2[nH]ncc2c1. The van der Waals surface area contributed by atoms with Gasteiger partial charge in [0.05, 0.1) is 11.7 Å². The first-order valence-electron chi connectivity index (χ1n) is 9.58. The Morgan fingerprint density at radius 1 is 1.30 bits per heavy atom. The number of hydrogen-bond acceptors (Lipinski definition) is 4. The summed E-state index contributed by atoms with van der Waals surface area (Å²) in [6.45, 7) is 4.28. The third-order valence-electron chi connectivity index (χ3n) is 5.90. The monoisotopic (exact) mass is 390 g/mol. The normalized spacial score (nSPS) is 23.1. The lowest BCUT2D eigenvalue weighted by Crippen LogP contribution is -2.61. The molecule has 1 saturated heterocycles. The number of fused-ring (bicyclic) bond motifs is 1. The number of nitrogens with one attached hydrogen (secondary N) is 2. The van der Waals surface area contributed by atoms with Crippen LogP contribution in [0.15, 0.2) is 23.2 Å². The predicted octanol–water partition coefficient (Wildman–Crippen LogP) is 2.47. The predicted molar refractivity (Wildman–Crippen MR) is 103 cm³/mol. The topological polar surface area (TPSA) is 95.2 Å². The number of nitrogens with zero attached hydrogens (tertiary/aromatic N) is 2. The Balaban J connectivity index is 1.59. The van der Waals surface area contributed by atoms with E-state index in [1.807, 2.05) is 13.0 Å². The van der Waals surface area contributed by atoms with Gasteiger partial charge in [-0.2, -0.15) is 9.40 Å². The van der Waals surface area contributed by atoms with Gasteiger partial charge in [-0.05, 0) is 50.8 Å². The van der Waals surface area contributed by atoms with E-state index in [4.69, 9.17) is 0 Å². The zero-order valence-electron chi connectivity index (χ0n) is 15.8. The molecule has 1 aromatic heterocycles. The van der Waals surface area contributed by atoms with Crippen molar-refractivity contribution in [3.05, 3.63) is 23.9 Å². The smallest absolute Gasteiger partial charge is 0.245 e. The Kier molecular flexibility index (Phi) is 4.50. The summed E-state index contributed by atoms with van der Waals surface area (Å²) in [4.78, 5) is 13.0. The van der Waals surface area contributed by atoms with Crippen molar-refractivity contribution in [1.82, 2.24) is 19.8 Å². The molecule has 8 heteroatoms. The summed E-state index contributed by atoms with van der Waals surface area (Å²) >= 11 is 0. The van der Waals surface area contributed by atoms with Gasteiger partial charge in [0.15, 0.2) is 0 Å². The Morgan fingerprint density at radius 3 is 2.70 bits per heavy atom. The summed E-state index contributed by atoms with van der Waals surface area (Å²) in [5.41, 5.74) is 1.12. The van der Waals surface area contributed by atoms with Crippen LogP contribution in [0.4, 0.5) is 0 Å². The molecule has 0 unspecified atom stereocenters. The quantitative estimate of drug-likeness (QED) is 0.838. The summed E-state index contributed by atoms with van der Waals surface area (Å²) in [6, 6.07) is 2.90. The maximum absolute atomic E-state index is 13.3. The number of carbonyl (C=O) groups is 1. The van der Waals surface area contributed by atoms with E-state index in [1.165, 1.54) is 10.7 Å². The molecule has 4 rings (SSSR count). The number of rotatable bonds is 4. The van der Waals surface area contributed by atoms with Crippen LogP contribution in [-0.2, 0) is 14.8 Å². The number of sulfonamides is 1. The molecule has 1 atom stereocenters. The van der Waals surface area contributed by atoms with Crippen LogP contribution in [0, 0.1) is 6.92 Å². The minimum atomic E-state index is -3.77. The van der Waals surface area contributed by atoms with Gasteiger partial charge in [-0.1, -0.05) is 19.3 Å². The molecule has 2 aliphatic rings. The molecule has 2 heterocycles. The van der Waals surface area contributed by atoms with E-state index in [9.17, 15) is 13.2 Å². The lowest BCUT2D eigenvalue weighted by molar-refractivity contribution is -0.129. The summed E-state index contributed by atoms with van der Waals surface area (Å²) in [5.74, 6) is -0.178. The molecule has 146 valence electrons. The number of aryl methyl sites for hydroxylation is 1. The van der Waals surface area contributed by atoms with E-state index in [-0.39, 0.29) is 16.3 Å². The van der Waals surface area contributed by atoms with Crippen molar-refractivity contribution in [2.45, 2.75) is 68.8 Å². The Labute approximate surface area is 159 Å². The number of hydrogen-bond donors (Lipinski definition) is 2. The number of H-pyrrole nitrogens is 1. The lowest BCUT2D eigenvalue weighted by atomic mass is 9.83. The van der Waals surface area contributed by atoms with Crippen LogP contribution in [-0.4, -0.2) is 47.0 Å². The zero-order chi connectivity index (χ0) is 19.2. The zero-order valence-corrected chi connectivity index (χ0v) is 16.6. The van der Waals surface area contributed by atoms with Gasteiger partial charge >= 0.3 is 0 Å². The van der Waals surface area contributed by atoms with Crippen LogP contribution in [0.3, 0.4) is 0 Å². The van der Waals surface area contributed by atoms with Gasteiger partial charge in [-0.3, -0.25) is 9.89 Å². The minimum absolute atomic E-state index is 0.178. The van der Waals surface area contributed by atoms with E-state index in [0.717, 1.165) is 36.6 Å². The summed E-state index contributed by atoms with van der Waals surface area (Å²) < 4.78 is 27.9. The number of benzene rings is 1. The molecule has 1 aliphatic heterocycles. The molecule has 2 aromatic rings. The molecular weight excluding hydrogens is 364 g/mol. The summed E-state index contributed by atoms with van der Waals surface area (Å²) in [6.07, 6.45) is 7.47. The molecule has 2 fully saturated rings. The van der Waals surface area contributed by atoms with Gasteiger partial charge in [0.2, 0.25) is 15.9 Å². The number of carbonyl (C=O) groups excluding carboxylic acids is 1.